The maximum absolute atomic E-state index is 14.9. The first-order chi connectivity index (χ1) is 31.9. The molecular formula is C49H57F2N7O9. The van der Waals surface area contributed by atoms with Crippen molar-refractivity contribution in [3.63, 3.8) is 0 Å². The number of alkyl carbamates (subject to hydrolysis) is 2. The molecule has 16 nitrogen and oxygen atoms in total. The molecule has 0 bridgehead atoms. The molecule has 4 fully saturated rings. The number of carbonyl (C=O) groups is 5. The van der Waals surface area contributed by atoms with E-state index in [4.69, 9.17) is 14.2 Å². The molecule has 1 aromatic heterocycles. The fourth-order valence-electron chi connectivity index (χ4n) is 10.3. The van der Waals surface area contributed by atoms with E-state index in [1.54, 1.807) is 46.2 Å². The van der Waals surface area contributed by atoms with Crippen molar-refractivity contribution < 1.29 is 52.1 Å². The summed E-state index contributed by atoms with van der Waals surface area (Å²) in [6, 6.07) is 12.5. The van der Waals surface area contributed by atoms with Gasteiger partial charge in [-0.3, -0.25) is 19.3 Å². The van der Waals surface area contributed by atoms with Gasteiger partial charge >= 0.3 is 12.2 Å². The summed E-state index contributed by atoms with van der Waals surface area (Å²) in [7, 11) is 2.48. The number of fused-ring (bicyclic) bond motifs is 5. The third kappa shape index (κ3) is 8.88. The Bertz CT molecular complexity index is 2630. The SMILES string of the molecule is COC(=O)N[C@@H](C(C)C)C(O)N1CC2(CC2)C[C@H]1C(=O)Nc1ccc2c(c1)OC(c1cc(F)cc(F)c1)n1c-2cc2cc(NC(=O)[C@@H]3CC4(CC4)CN3C(=O)[C@@H](NC(=O)OC)C(C)C)ccc21. The molecule has 9 rings (SSSR count). The number of aromatic nitrogens is 1. The van der Waals surface area contributed by atoms with Crippen LogP contribution in [0.4, 0.5) is 29.7 Å². The summed E-state index contributed by atoms with van der Waals surface area (Å²) < 4.78 is 47.7. The molecule has 356 valence electrons. The highest BCUT2D eigenvalue weighted by molar-refractivity contribution is 6.01. The van der Waals surface area contributed by atoms with Gasteiger partial charge in [0.05, 0.1) is 37.5 Å². The molecule has 6 atom stereocenters. The molecule has 2 unspecified atom stereocenters. The Kier molecular flexibility index (Phi) is 11.9. The molecule has 3 aromatic carbocycles. The van der Waals surface area contributed by atoms with Gasteiger partial charge in [-0.25, -0.2) is 18.4 Å². The van der Waals surface area contributed by atoms with Gasteiger partial charge in [0.15, 0.2) is 0 Å². The highest BCUT2D eigenvalue weighted by Crippen LogP contribution is 2.56. The van der Waals surface area contributed by atoms with Crippen molar-refractivity contribution in [1.82, 2.24) is 25.0 Å². The van der Waals surface area contributed by atoms with E-state index in [2.05, 4.69) is 21.3 Å². The van der Waals surface area contributed by atoms with Crippen molar-refractivity contribution in [2.24, 2.45) is 22.7 Å². The molecule has 0 radical (unpaired) electrons. The number of aliphatic hydroxyl groups is 1. The van der Waals surface area contributed by atoms with E-state index in [0.29, 0.717) is 65.2 Å². The van der Waals surface area contributed by atoms with Crippen LogP contribution in [0.2, 0.25) is 0 Å². The monoisotopic (exact) mass is 925 g/mol. The van der Waals surface area contributed by atoms with Crippen LogP contribution in [0.15, 0.2) is 60.7 Å². The maximum Gasteiger partial charge on any atom is 0.407 e. The third-order valence-corrected chi connectivity index (χ3v) is 14.4. The van der Waals surface area contributed by atoms with Gasteiger partial charge in [0.25, 0.3) is 0 Å². The largest absolute Gasteiger partial charge is 0.465 e. The summed E-state index contributed by atoms with van der Waals surface area (Å²) in [6.45, 7) is 8.27. The molecule has 5 N–H and O–H groups in total. The first-order valence-electron chi connectivity index (χ1n) is 22.9. The van der Waals surface area contributed by atoms with E-state index < -0.39 is 60.4 Å². The number of hydrogen-bond acceptors (Lipinski definition) is 10. The number of halogens is 2. The van der Waals surface area contributed by atoms with Crippen molar-refractivity contribution in [2.75, 3.05) is 37.9 Å². The van der Waals surface area contributed by atoms with Crippen molar-refractivity contribution >= 4 is 52.2 Å². The normalized spacial score (nSPS) is 22.1. The zero-order chi connectivity index (χ0) is 47.7. The van der Waals surface area contributed by atoms with Gasteiger partial charge in [-0.05, 0) is 110 Å². The Labute approximate surface area is 386 Å². The number of aliphatic hydroxyl groups excluding tert-OH is 1. The average Bonchev–Trinajstić information content (AvgIpc) is 4.08. The second kappa shape index (κ2) is 17.4. The Hall–Kier alpha value is -6.27. The minimum Gasteiger partial charge on any atom is -0.465 e. The van der Waals surface area contributed by atoms with Crippen LogP contribution in [0.3, 0.4) is 0 Å². The smallest absolute Gasteiger partial charge is 0.407 e. The number of hydrogen-bond donors (Lipinski definition) is 5. The third-order valence-electron chi connectivity index (χ3n) is 14.4. The minimum atomic E-state index is -1.17. The number of likely N-dealkylation sites (tertiary alicyclic amines) is 2. The summed E-state index contributed by atoms with van der Waals surface area (Å²) in [5.74, 6) is -2.75. The van der Waals surface area contributed by atoms with Gasteiger partial charge in [-0.2, -0.15) is 0 Å². The molecule has 5 aliphatic rings. The maximum atomic E-state index is 14.9. The van der Waals surface area contributed by atoms with Crippen LogP contribution in [-0.4, -0.2) is 107 Å². The minimum absolute atomic E-state index is 0.102. The zero-order valence-electron chi connectivity index (χ0n) is 38.4. The van der Waals surface area contributed by atoms with Crippen LogP contribution in [0.1, 0.15) is 78.0 Å². The predicted octanol–water partition coefficient (Wildman–Crippen LogP) is 6.72. The van der Waals surface area contributed by atoms with Crippen molar-refractivity contribution in [3.8, 4) is 17.0 Å². The molecule has 4 aromatic rings. The summed E-state index contributed by atoms with van der Waals surface area (Å²) in [4.78, 5) is 69.9. The average molecular weight is 926 g/mol. The van der Waals surface area contributed by atoms with Gasteiger partial charge in [0, 0.05) is 53.1 Å². The Morgan fingerprint density at radius 2 is 1.34 bits per heavy atom. The van der Waals surface area contributed by atoms with Crippen molar-refractivity contribution in [2.45, 2.75) is 103 Å². The van der Waals surface area contributed by atoms with Crippen LogP contribution in [-0.2, 0) is 23.9 Å². The molecule has 67 heavy (non-hydrogen) atoms. The van der Waals surface area contributed by atoms with Crippen LogP contribution in [0, 0.1) is 34.3 Å². The second-order valence-electron chi connectivity index (χ2n) is 19.8. The number of carbonyl (C=O) groups excluding carboxylic acids is 5. The first kappa shape index (κ1) is 45.9. The fourth-order valence-corrected chi connectivity index (χ4v) is 10.3. The standard InChI is InChI=1S/C49H57F2N7O9/c1-25(2)39(54-46(63)65-5)43(61)56-23-48(11-12-48)21-36(56)41(59)52-31-8-10-34-27(17-31)18-35-33-9-7-32(20-38(33)67-45(58(34)35)28-15-29(50)19-30(51)16-28)53-42(60)37-22-49(13-14-49)24-57(37)44(62)40(26(3)4)55-47(64)66-6/h7-10,15-20,25-26,36-37,39-40,44-45,62H,11-14,21-24H2,1-6H3,(H,52,59)(H,53,60)(H,54,63)(H,55,64)/t36-,37-,39-,40-,44?,45?/m0/s1. The Balaban J connectivity index is 0.998. The Morgan fingerprint density at radius 1 is 0.746 bits per heavy atom. The summed E-state index contributed by atoms with van der Waals surface area (Å²) >= 11 is 0. The van der Waals surface area contributed by atoms with E-state index in [9.17, 15) is 37.9 Å². The van der Waals surface area contributed by atoms with Gasteiger partial charge < -0.3 is 50.1 Å². The molecule has 5 amide bonds. The quantitative estimate of drug-likeness (QED) is 0.102. The lowest BCUT2D eigenvalue weighted by atomic mass is 10.0. The molecule has 2 spiro atoms. The van der Waals surface area contributed by atoms with Gasteiger partial charge in [-0.1, -0.05) is 27.7 Å². The van der Waals surface area contributed by atoms with E-state index in [1.165, 1.54) is 26.4 Å². The lowest BCUT2D eigenvalue weighted by Crippen LogP contribution is -2.57. The molecule has 3 aliphatic heterocycles. The van der Waals surface area contributed by atoms with E-state index >= 15 is 0 Å². The lowest BCUT2D eigenvalue weighted by molar-refractivity contribution is -0.139. The van der Waals surface area contributed by atoms with Crippen LogP contribution < -0.4 is 26.0 Å². The molecule has 2 saturated heterocycles. The fraction of sp³-hybridized carbons (Fsp3) is 0.490. The summed E-state index contributed by atoms with van der Waals surface area (Å²) in [6.07, 6.45) is 1.03. The first-order valence-corrected chi connectivity index (χ1v) is 22.9. The van der Waals surface area contributed by atoms with Crippen molar-refractivity contribution in [3.05, 3.63) is 77.9 Å². The lowest BCUT2D eigenvalue weighted by Gasteiger charge is -2.36. The number of methoxy groups -OCH3 is 2. The van der Waals surface area contributed by atoms with E-state index in [1.807, 2.05) is 38.3 Å². The van der Waals surface area contributed by atoms with Crippen molar-refractivity contribution in [1.29, 1.82) is 0 Å². The summed E-state index contributed by atoms with van der Waals surface area (Å²) in [5, 5.41) is 23.7. The summed E-state index contributed by atoms with van der Waals surface area (Å²) in [5.41, 5.74) is 2.73. The highest BCUT2D eigenvalue weighted by atomic mass is 19.1. The number of nitrogens with one attached hydrogen (secondary N) is 4. The van der Waals surface area contributed by atoms with E-state index in [0.717, 1.165) is 31.7 Å². The number of rotatable bonds is 12. The number of anilines is 2. The highest BCUT2D eigenvalue weighted by Gasteiger charge is 2.57. The topological polar surface area (TPSA) is 193 Å². The number of ether oxygens (including phenoxy) is 3. The molecule has 2 aliphatic carbocycles. The van der Waals surface area contributed by atoms with Gasteiger partial charge in [0.1, 0.15) is 35.7 Å². The van der Waals surface area contributed by atoms with Crippen LogP contribution in [0.25, 0.3) is 22.2 Å². The van der Waals surface area contributed by atoms with Gasteiger partial charge in [0.2, 0.25) is 23.9 Å². The second-order valence-corrected chi connectivity index (χ2v) is 19.8. The molecular weight excluding hydrogens is 869 g/mol. The van der Waals surface area contributed by atoms with Gasteiger partial charge in [-0.15, -0.1) is 0 Å². The number of nitrogens with zero attached hydrogens (tertiary/aromatic N) is 3. The number of benzene rings is 3. The van der Waals surface area contributed by atoms with Crippen LogP contribution >= 0.6 is 0 Å². The predicted molar refractivity (Wildman–Crippen MR) is 243 cm³/mol. The molecule has 4 heterocycles. The van der Waals surface area contributed by atoms with E-state index in [-0.39, 0.29) is 46.0 Å². The Morgan fingerprint density at radius 3 is 1.97 bits per heavy atom. The molecule has 2 saturated carbocycles. The zero-order valence-corrected chi connectivity index (χ0v) is 38.4. The van der Waals surface area contributed by atoms with Crippen LogP contribution in [0.5, 0.6) is 5.75 Å². The molecule has 18 heteroatoms. The number of amides is 5.